The van der Waals surface area contributed by atoms with Crippen molar-refractivity contribution in [3.8, 4) is 0 Å². The molecule has 0 saturated carbocycles. The molecule has 0 saturated heterocycles. The van der Waals surface area contributed by atoms with Gasteiger partial charge in [0.1, 0.15) is 0 Å². The third-order valence-electron chi connectivity index (χ3n) is 1.71. The van der Waals surface area contributed by atoms with Crippen molar-refractivity contribution in [1.82, 2.24) is 20.2 Å². The zero-order chi connectivity index (χ0) is 9.10. The van der Waals surface area contributed by atoms with Crippen LogP contribution in [0.3, 0.4) is 0 Å². The van der Waals surface area contributed by atoms with Crippen LogP contribution in [0.5, 0.6) is 0 Å². The monoisotopic (exact) mass is 195 g/mol. The van der Waals surface area contributed by atoms with E-state index in [1.807, 2.05) is 6.07 Å². The quantitative estimate of drug-likeness (QED) is 0.776. The van der Waals surface area contributed by atoms with Crippen LogP contribution in [0, 0.1) is 0 Å². The van der Waals surface area contributed by atoms with Gasteiger partial charge in [0.25, 0.3) is 0 Å². The highest BCUT2D eigenvalue weighted by Crippen LogP contribution is 2.10. The summed E-state index contributed by atoms with van der Waals surface area (Å²) in [6.45, 7) is 0.735. The average Bonchev–Trinajstić information content (AvgIpc) is 2.72. The SMILES string of the molecule is Nc1nnnn1CCc1cccs1. The first kappa shape index (κ1) is 8.18. The molecule has 0 aliphatic heterocycles. The van der Waals surface area contributed by atoms with Crippen molar-refractivity contribution in [2.24, 2.45) is 0 Å². The zero-order valence-electron chi connectivity index (χ0n) is 6.92. The minimum atomic E-state index is 0.372. The molecule has 0 aromatic carbocycles. The number of nitrogens with zero attached hydrogens (tertiary/aromatic N) is 4. The second-order valence-corrected chi connectivity index (χ2v) is 3.62. The van der Waals surface area contributed by atoms with Crippen molar-refractivity contribution in [2.75, 3.05) is 5.73 Å². The summed E-state index contributed by atoms with van der Waals surface area (Å²) < 4.78 is 1.60. The van der Waals surface area contributed by atoms with Crippen LogP contribution in [0.1, 0.15) is 4.88 Å². The van der Waals surface area contributed by atoms with Gasteiger partial charge >= 0.3 is 0 Å². The fourth-order valence-electron chi connectivity index (χ4n) is 1.04. The van der Waals surface area contributed by atoms with Gasteiger partial charge in [0, 0.05) is 11.3 Å². The Balaban J connectivity index is 1.97. The van der Waals surface area contributed by atoms with Gasteiger partial charge in [0.2, 0.25) is 5.95 Å². The largest absolute Gasteiger partial charge is 0.367 e. The van der Waals surface area contributed by atoms with Crippen LogP contribution in [0.25, 0.3) is 0 Å². The highest BCUT2D eigenvalue weighted by atomic mass is 32.1. The summed E-state index contributed by atoms with van der Waals surface area (Å²) in [5, 5.41) is 12.9. The first-order valence-corrected chi connectivity index (χ1v) is 4.78. The van der Waals surface area contributed by atoms with Gasteiger partial charge in [0.05, 0.1) is 6.54 Å². The average molecular weight is 195 g/mol. The molecule has 0 aliphatic rings. The molecule has 0 fully saturated rings. The molecule has 2 rings (SSSR count). The van der Waals surface area contributed by atoms with E-state index in [0.29, 0.717) is 5.95 Å². The normalized spacial score (nSPS) is 10.5. The predicted molar refractivity (Wildman–Crippen MR) is 50.3 cm³/mol. The van der Waals surface area contributed by atoms with E-state index in [1.165, 1.54) is 4.88 Å². The summed E-state index contributed by atoms with van der Waals surface area (Å²) in [6.07, 6.45) is 0.924. The molecule has 0 radical (unpaired) electrons. The molecule has 0 bridgehead atoms. The number of anilines is 1. The van der Waals surface area contributed by atoms with E-state index in [2.05, 4.69) is 27.0 Å². The van der Waals surface area contributed by atoms with E-state index in [-0.39, 0.29) is 0 Å². The Hall–Kier alpha value is -1.43. The van der Waals surface area contributed by atoms with E-state index in [4.69, 9.17) is 5.73 Å². The van der Waals surface area contributed by atoms with Gasteiger partial charge in [0.15, 0.2) is 0 Å². The highest BCUT2D eigenvalue weighted by molar-refractivity contribution is 7.09. The maximum atomic E-state index is 5.51. The Bertz CT molecular complexity index is 366. The van der Waals surface area contributed by atoms with Crippen LogP contribution >= 0.6 is 11.3 Å². The first-order chi connectivity index (χ1) is 6.36. The van der Waals surface area contributed by atoms with Crippen LogP contribution in [0.2, 0.25) is 0 Å². The number of rotatable bonds is 3. The zero-order valence-corrected chi connectivity index (χ0v) is 7.74. The lowest BCUT2D eigenvalue weighted by Gasteiger charge is -1.98. The molecular weight excluding hydrogens is 186 g/mol. The lowest BCUT2D eigenvalue weighted by molar-refractivity contribution is 0.598. The smallest absolute Gasteiger partial charge is 0.240 e. The van der Waals surface area contributed by atoms with E-state index in [9.17, 15) is 0 Å². The molecule has 2 heterocycles. The molecule has 2 aromatic heterocycles. The van der Waals surface area contributed by atoms with Crippen molar-refractivity contribution in [1.29, 1.82) is 0 Å². The summed E-state index contributed by atoms with van der Waals surface area (Å²) in [4.78, 5) is 1.31. The molecular formula is C7H9N5S. The van der Waals surface area contributed by atoms with Crippen LogP contribution in [0.4, 0.5) is 5.95 Å². The molecule has 6 heteroatoms. The van der Waals surface area contributed by atoms with Crippen molar-refractivity contribution in [2.45, 2.75) is 13.0 Å². The lowest BCUT2D eigenvalue weighted by Crippen LogP contribution is -2.06. The number of tetrazole rings is 1. The van der Waals surface area contributed by atoms with E-state index < -0.39 is 0 Å². The number of hydrogen-bond acceptors (Lipinski definition) is 5. The third-order valence-corrected chi connectivity index (χ3v) is 2.65. The predicted octanol–water partition coefficient (Wildman–Crippen LogP) is 0.559. The van der Waals surface area contributed by atoms with E-state index in [1.54, 1.807) is 16.0 Å². The van der Waals surface area contributed by atoms with Crippen molar-refractivity contribution in [3.63, 3.8) is 0 Å². The number of nitrogens with two attached hydrogens (primary N) is 1. The summed E-state index contributed by atoms with van der Waals surface area (Å²) in [5.41, 5.74) is 5.51. The molecule has 0 atom stereocenters. The maximum Gasteiger partial charge on any atom is 0.240 e. The van der Waals surface area contributed by atoms with Crippen LogP contribution in [-0.4, -0.2) is 20.2 Å². The Morgan fingerprint density at radius 3 is 3.08 bits per heavy atom. The molecule has 0 spiro atoms. The molecule has 0 unspecified atom stereocenters. The van der Waals surface area contributed by atoms with Crippen molar-refractivity contribution >= 4 is 17.3 Å². The second kappa shape index (κ2) is 3.53. The van der Waals surface area contributed by atoms with Gasteiger partial charge in [-0.2, -0.15) is 0 Å². The summed E-state index contributed by atoms with van der Waals surface area (Å²) >= 11 is 1.73. The van der Waals surface area contributed by atoms with Crippen molar-refractivity contribution in [3.05, 3.63) is 22.4 Å². The number of aromatic nitrogens is 4. The Kier molecular flexibility index (Phi) is 2.22. The summed E-state index contributed by atoms with van der Waals surface area (Å²) in [5.74, 6) is 0.372. The van der Waals surface area contributed by atoms with Gasteiger partial charge in [-0.3, -0.25) is 0 Å². The topological polar surface area (TPSA) is 69.6 Å². The summed E-state index contributed by atoms with van der Waals surface area (Å²) in [6, 6.07) is 4.12. The number of hydrogen-bond donors (Lipinski definition) is 1. The minimum Gasteiger partial charge on any atom is -0.367 e. The Labute approximate surface area is 79.2 Å². The molecule has 13 heavy (non-hydrogen) atoms. The van der Waals surface area contributed by atoms with Gasteiger partial charge in [-0.15, -0.1) is 11.3 Å². The van der Waals surface area contributed by atoms with Crippen LogP contribution in [0.15, 0.2) is 17.5 Å². The van der Waals surface area contributed by atoms with Crippen LogP contribution in [-0.2, 0) is 13.0 Å². The van der Waals surface area contributed by atoms with E-state index in [0.717, 1.165) is 13.0 Å². The Morgan fingerprint density at radius 2 is 2.46 bits per heavy atom. The van der Waals surface area contributed by atoms with Gasteiger partial charge in [-0.1, -0.05) is 11.2 Å². The maximum absolute atomic E-state index is 5.51. The highest BCUT2D eigenvalue weighted by Gasteiger charge is 2.01. The molecule has 0 amide bonds. The van der Waals surface area contributed by atoms with Gasteiger partial charge < -0.3 is 5.73 Å². The Morgan fingerprint density at radius 1 is 1.54 bits per heavy atom. The lowest BCUT2D eigenvalue weighted by atomic mass is 10.3. The number of nitrogen functional groups attached to an aromatic ring is 1. The fourth-order valence-corrected chi connectivity index (χ4v) is 1.74. The minimum absolute atomic E-state index is 0.372. The van der Waals surface area contributed by atoms with Gasteiger partial charge in [-0.25, -0.2) is 4.68 Å². The number of thiophene rings is 1. The standard InChI is InChI=1S/C7H9N5S/c8-7-9-10-11-12(7)4-3-6-2-1-5-13-6/h1-2,5H,3-4H2,(H2,8,9,11). The second-order valence-electron chi connectivity index (χ2n) is 2.59. The molecule has 0 aliphatic carbocycles. The molecule has 5 nitrogen and oxygen atoms in total. The third kappa shape index (κ3) is 1.83. The fraction of sp³-hybridized carbons (Fsp3) is 0.286. The first-order valence-electron chi connectivity index (χ1n) is 3.90. The molecule has 2 aromatic rings. The van der Waals surface area contributed by atoms with Crippen molar-refractivity contribution < 1.29 is 0 Å². The van der Waals surface area contributed by atoms with Gasteiger partial charge in [-0.05, 0) is 21.9 Å². The number of aryl methyl sites for hydroxylation is 2. The summed E-state index contributed by atoms with van der Waals surface area (Å²) in [7, 11) is 0. The van der Waals surface area contributed by atoms with E-state index >= 15 is 0 Å². The van der Waals surface area contributed by atoms with Crippen LogP contribution < -0.4 is 5.73 Å². The molecule has 2 N–H and O–H groups in total. The molecule has 68 valence electrons.